The molecule has 54 heavy (non-hydrogen) atoms. The molecule has 0 unspecified atom stereocenters. The zero-order valence-corrected chi connectivity index (χ0v) is 38.7. The Balaban J connectivity index is 0.000000371. The van der Waals surface area contributed by atoms with Gasteiger partial charge in [0.25, 0.3) is 0 Å². The third kappa shape index (κ3) is 15.6. The Morgan fingerprint density at radius 3 is 0.926 bits per heavy atom. The van der Waals surface area contributed by atoms with Gasteiger partial charge in [-0.15, -0.1) is 0 Å². The third-order valence-corrected chi connectivity index (χ3v) is 14.3. The minimum Gasteiger partial charge on any atom is -0.781 e. The molecule has 2 radical (unpaired) electrons. The van der Waals surface area contributed by atoms with Crippen LogP contribution >= 0.6 is 0 Å². The molecule has 306 valence electrons. The number of rotatable bonds is 4. The molecule has 2 saturated heterocycles. The summed E-state index contributed by atoms with van der Waals surface area (Å²) in [5, 5.41) is 0. The van der Waals surface area contributed by atoms with Crippen LogP contribution in [-0.2, 0) is 165 Å². The molecule has 0 aromatic heterocycles. The van der Waals surface area contributed by atoms with Crippen molar-refractivity contribution >= 4 is 121 Å². The first-order valence-electron chi connectivity index (χ1n) is 15.4. The van der Waals surface area contributed by atoms with Gasteiger partial charge in [-0.3, -0.25) is 0 Å². The van der Waals surface area contributed by atoms with Crippen molar-refractivity contribution in [2.45, 2.75) is 62.8 Å². The smallest absolute Gasteiger partial charge is 0.243 e. The van der Waals surface area contributed by atoms with Gasteiger partial charge < -0.3 is 111 Å². The summed E-state index contributed by atoms with van der Waals surface area (Å²) in [7, 11) is -6.92. The largest absolute Gasteiger partial charge is 0.781 e. The molecule has 0 bridgehead atoms. The van der Waals surface area contributed by atoms with Crippen LogP contribution in [0.25, 0.3) is 0 Å². The summed E-state index contributed by atoms with van der Waals surface area (Å²) in [4.78, 5) is 5.32. The zero-order valence-electron chi connectivity index (χ0n) is 28.6. The van der Waals surface area contributed by atoms with Gasteiger partial charge in [-0.2, -0.15) is 47.8 Å². The molecule has 0 N–H and O–H groups in total. The fraction of sp³-hybridized carbons (Fsp3) is 0.294. The van der Waals surface area contributed by atoms with E-state index in [1.807, 2.05) is 50.2 Å². The average molecular weight is 1010 g/mol. The number of sulfonamides is 2. The SMILES string of the molecule is Cc1ccc([S-])c([S-])c1.Cc1ccc([S-])c([S-])c1.O=S(=O)(c1ccc([S-])c([S-])c1)N1CCOCC1.O=S(=O)(c1ccc([S-])c([S-])c1)N1CCOCC1.[Cu].[Cu]. The second-order valence-corrected chi connectivity index (χ2v) is 18.5. The average Bonchev–Trinajstić information content (AvgIpc) is 3.12. The molecule has 0 aliphatic carbocycles. The van der Waals surface area contributed by atoms with Crippen LogP contribution in [0.5, 0.6) is 0 Å². The number of hydrogen-bond acceptors (Lipinski definition) is 14. The van der Waals surface area contributed by atoms with E-state index in [0.717, 1.165) is 19.6 Å². The Morgan fingerprint density at radius 1 is 0.426 bits per heavy atom. The first-order valence-corrected chi connectivity index (χ1v) is 21.6. The van der Waals surface area contributed by atoms with Crippen LogP contribution in [0.4, 0.5) is 0 Å². The predicted molar refractivity (Wildman–Crippen MR) is 219 cm³/mol. The van der Waals surface area contributed by atoms with Gasteiger partial charge in [0.15, 0.2) is 0 Å². The van der Waals surface area contributed by atoms with Crippen LogP contribution < -0.4 is 0 Å². The number of hydrogen-bond donors (Lipinski definition) is 0. The quantitative estimate of drug-likeness (QED) is 0.210. The number of benzene rings is 4. The summed E-state index contributed by atoms with van der Waals surface area (Å²) in [6.45, 7) is 7.25. The summed E-state index contributed by atoms with van der Waals surface area (Å²) in [5.41, 5.74) is 2.35. The van der Waals surface area contributed by atoms with Crippen LogP contribution in [-0.4, -0.2) is 78.1 Å². The monoisotopic (exact) mass is 1010 g/mol. The molecule has 0 atom stereocenters. The molecule has 6 rings (SSSR count). The molecular formula is C34H34Cu2N2O6S10-8. The second kappa shape index (κ2) is 24.4. The fourth-order valence-electron chi connectivity index (χ4n) is 4.40. The summed E-state index contributed by atoms with van der Waals surface area (Å²) in [6, 6.07) is 20.5. The summed E-state index contributed by atoms with van der Waals surface area (Å²) in [5.74, 6) is 0. The van der Waals surface area contributed by atoms with Crippen molar-refractivity contribution in [3.05, 3.63) is 83.9 Å². The van der Waals surface area contributed by atoms with Crippen molar-refractivity contribution in [1.82, 2.24) is 8.61 Å². The molecule has 4 aromatic carbocycles. The Bertz CT molecular complexity index is 1890. The van der Waals surface area contributed by atoms with Crippen molar-refractivity contribution in [3.8, 4) is 0 Å². The molecule has 8 nitrogen and oxygen atoms in total. The number of ether oxygens (including phenoxy) is 2. The molecule has 4 aromatic rings. The van der Waals surface area contributed by atoms with E-state index < -0.39 is 20.0 Å². The number of aryl methyl sites for hydroxylation is 2. The van der Waals surface area contributed by atoms with E-state index in [9.17, 15) is 16.8 Å². The van der Waals surface area contributed by atoms with Gasteiger partial charge in [-0.25, -0.2) is 16.8 Å². The van der Waals surface area contributed by atoms with Crippen molar-refractivity contribution in [3.63, 3.8) is 0 Å². The van der Waals surface area contributed by atoms with E-state index in [-0.39, 0.29) is 43.9 Å². The van der Waals surface area contributed by atoms with E-state index in [4.69, 9.17) is 111 Å². The Labute approximate surface area is 385 Å². The Hall–Kier alpha value is -0.581. The van der Waals surface area contributed by atoms with Crippen LogP contribution in [0.2, 0.25) is 0 Å². The van der Waals surface area contributed by atoms with Crippen LogP contribution in [0, 0.1) is 13.8 Å². The molecule has 0 spiro atoms. The summed E-state index contributed by atoms with van der Waals surface area (Å²) < 4.78 is 62.0. The van der Waals surface area contributed by atoms with E-state index in [1.54, 1.807) is 12.1 Å². The summed E-state index contributed by atoms with van der Waals surface area (Å²) >= 11 is 39.6. The van der Waals surface area contributed by atoms with Gasteiger partial charge in [-0.05, 0) is 26.0 Å². The van der Waals surface area contributed by atoms with Crippen molar-refractivity contribution < 1.29 is 60.4 Å². The molecular weight excluding hydrogens is 980 g/mol. The molecule has 20 heteroatoms. The molecule has 2 aliphatic heterocycles. The van der Waals surface area contributed by atoms with E-state index in [0.29, 0.717) is 72.2 Å². The molecule has 2 fully saturated rings. The van der Waals surface area contributed by atoms with E-state index in [2.05, 4.69) is 0 Å². The van der Waals surface area contributed by atoms with Gasteiger partial charge >= 0.3 is 0 Å². The van der Waals surface area contributed by atoms with E-state index in [1.165, 1.54) is 44.0 Å². The molecule has 0 saturated carbocycles. The Kier molecular flexibility index (Phi) is 23.2. The maximum absolute atomic E-state index is 12.2. The van der Waals surface area contributed by atoms with Gasteiger partial charge in [0, 0.05) is 60.3 Å². The van der Waals surface area contributed by atoms with Crippen molar-refractivity contribution in [2.24, 2.45) is 0 Å². The normalized spacial score (nSPS) is 14.6. The van der Waals surface area contributed by atoms with Crippen LogP contribution in [0.1, 0.15) is 11.1 Å². The molecule has 2 aliphatic rings. The van der Waals surface area contributed by atoms with Gasteiger partial charge in [-0.1, -0.05) is 71.8 Å². The van der Waals surface area contributed by atoms with E-state index >= 15 is 0 Å². The first-order chi connectivity index (χ1) is 24.4. The zero-order chi connectivity index (χ0) is 38.6. The van der Waals surface area contributed by atoms with Crippen LogP contribution in [0.3, 0.4) is 0 Å². The second-order valence-electron chi connectivity index (χ2n) is 11.2. The summed E-state index contributed by atoms with van der Waals surface area (Å²) in [6.07, 6.45) is 0. The minimum atomic E-state index is -3.46. The maximum Gasteiger partial charge on any atom is 0.243 e. The van der Waals surface area contributed by atoms with Crippen molar-refractivity contribution in [1.29, 1.82) is 0 Å². The Morgan fingerprint density at radius 2 is 0.685 bits per heavy atom. The minimum absolute atomic E-state index is 0. The topological polar surface area (TPSA) is 93.2 Å². The van der Waals surface area contributed by atoms with Gasteiger partial charge in [0.2, 0.25) is 20.0 Å². The standard InChI is InChI=1S/2C10H13NO3S3.2C7H8S2.2Cu/c2*12-17(13,11-3-5-14-6-4-11)8-1-2-9(15)10(16)7-8;2*1-5-2-3-6(8)7(9)4-5;;/h2*1-2,7,15-16H,3-6H2;2*2-4,8-9H,1H3;;/p-8. The number of nitrogens with zero attached hydrogens (tertiary/aromatic N) is 2. The molecule has 0 amide bonds. The maximum atomic E-state index is 12.2. The third-order valence-electron chi connectivity index (χ3n) is 7.24. The fourth-order valence-corrected chi connectivity index (χ4v) is 8.82. The number of morpholine rings is 2. The first kappa shape index (κ1) is 51.4. The van der Waals surface area contributed by atoms with Gasteiger partial charge in [0.05, 0.1) is 36.2 Å². The van der Waals surface area contributed by atoms with Gasteiger partial charge in [0.1, 0.15) is 0 Å². The molecule has 2 heterocycles. The van der Waals surface area contributed by atoms with Crippen molar-refractivity contribution in [2.75, 3.05) is 52.6 Å². The van der Waals surface area contributed by atoms with Crippen LogP contribution in [0.15, 0.2) is 122 Å². The predicted octanol–water partition coefficient (Wildman–Crippen LogP) is 4.65.